The maximum Gasteiger partial charge on any atom is 0.200 e. The summed E-state index contributed by atoms with van der Waals surface area (Å²) in [5.74, 6) is -0.854. The van der Waals surface area contributed by atoms with Gasteiger partial charge in [-0.2, -0.15) is 0 Å². The summed E-state index contributed by atoms with van der Waals surface area (Å²) in [5.41, 5.74) is 4.35. The molecule has 112 valence electrons. The molecule has 0 aliphatic carbocycles. The molecule has 0 aliphatic rings. The number of benzene rings is 2. The first kappa shape index (κ1) is 15.2. The van der Waals surface area contributed by atoms with E-state index in [1.54, 1.807) is 0 Å². The zero-order chi connectivity index (χ0) is 15.6. The number of aromatic hydroxyl groups is 3. The molecule has 0 saturated carbocycles. The Morgan fingerprint density at radius 1 is 0.762 bits per heavy atom. The van der Waals surface area contributed by atoms with Crippen LogP contribution in [0.25, 0.3) is 11.1 Å². The third-order valence-electron chi connectivity index (χ3n) is 3.95. The minimum absolute atomic E-state index is 0.218. The molecule has 0 unspecified atom stereocenters. The van der Waals surface area contributed by atoms with Crippen LogP contribution in [0.2, 0.25) is 0 Å². The van der Waals surface area contributed by atoms with Crippen molar-refractivity contribution < 1.29 is 15.3 Å². The smallest absolute Gasteiger partial charge is 0.200 e. The van der Waals surface area contributed by atoms with Crippen LogP contribution < -0.4 is 0 Å². The first-order chi connectivity index (χ1) is 10.0. The van der Waals surface area contributed by atoms with Crippen LogP contribution in [0, 0.1) is 0 Å². The number of hydrogen-bond acceptors (Lipinski definition) is 3. The average molecular weight is 286 g/mol. The van der Waals surface area contributed by atoms with Crippen molar-refractivity contribution in [2.75, 3.05) is 0 Å². The summed E-state index contributed by atoms with van der Waals surface area (Å²) < 4.78 is 0. The van der Waals surface area contributed by atoms with Crippen LogP contribution in [0.1, 0.15) is 37.5 Å². The molecule has 0 aliphatic heterocycles. The second-order valence-corrected chi connectivity index (χ2v) is 5.14. The number of rotatable bonds is 4. The highest BCUT2D eigenvalue weighted by atomic mass is 16.3. The third kappa shape index (κ3) is 2.56. The van der Waals surface area contributed by atoms with E-state index in [9.17, 15) is 15.3 Å². The Labute approximate surface area is 125 Å². The minimum Gasteiger partial charge on any atom is -0.504 e. The van der Waals surface area contributed by atoms with Crippen LogP contribution in [-0.2, 0) is 19.3 Å². The maximum atomic E-state index is 10.2. The predicted octanol–water partition coefficient (Wildman–Crippen LogP) is 4.16. The van der Waals surface area contributed by atoms with Crippen molar-refractivity contribution in [3.05, 3.63) is 41.0 Å². The fraction of sp³-hybridized carbons (Fsp3) is 0.333. The lowest BCUT2D eigenvalue weighted by Gasteiger charge is -2.18. The van der Waals surface area contributed by atoms with Crippen molar-refractivity contribution in [1.29, 1.82) is 0 Å². The summed E-state index contributed by atoms with van der Waals surface area (Å²) in [6.45, 7) is 5.95. The Hall–Kier alpha value is -2.16. The van der Waals surface area contributed by atoms with Crippen molar-refractivity contribution in [3.63, 3.8) is 0 Å². The van der Waals surface area contributed by atoms with Gasteiger partial charge in [-0.3, -0.25) is 0 Å². The molecule has 0 heterocycles. The van der Waals surface area contributed by atoms with Crippen LogP contribution >= 0.6 is 0 Å². The molecule has 0 spiro atoms. The van der Waals surface area contributed by atoms with Crippen molar-refractivity contribution in [2.24, 2.45) is 0 Å². The van der Waals surface area contributed by atoms with Crippen molar-refractivity contribution in [2.45, 2.75) is 40.0 Å². The van der Waals surface area contributed by atoms with E-state index < -0.39 is 5.75 Å². The maximum absolute atomic E-state index is 10.2. The van der Waals surface area contributed by atoms with E-state index in [-0.39, 0.29) is 11.5 Å². The number of hydrogen-bond donors (Lipinski definition) is 3. The van der Waals surface area contributed by atoms with Gasteiger partial charge in [0.15, 0.2) is 11.5 Å². The van der Waals surface area contributed by atoms with E-state index in [4.69, 9.17) is 0 Å². The molecular formula is C18H22O3. The highest BCUT2D eigenvalue weighted by Crippen LogP contribution is 2.47. The number of phenolic OH excluding ortho intramolecular Hbond substituents is 3. The molecule has 2 aromatic carbocycles. The van der Waals surface area contributed by atoms with Gasteiger partial charge < -0.3 is 15.3 Å². The van der Waals surface area contributed by atoms with Gasteiger partial charge in [0.25, 0.3) is 0 Å². The van der Waals surface area contributed by atoms with Crippen LogP contribution in [-0.4, -0.2) is 15.3 Å². The summed E-state index contributed by atoms with van der Waals surface area (Å²) in [5, 5.41) is 30.2. The van der Waals surface area contributed by atoms with Gasteiger partial charge in [0.1, 0.15) is 0 Å². The first-order valence-electron chi connectivity index (χ1n) is 7.42. The van der Waals surface area contributed by atoms with E-state index in [0.717, 1.165) is 17.5 Å². The molecule has 0 atom stereocenters. The van der Waals surface area contributed by atoms with Gasteiger partial charge >= 0.3 is 0 Å². The van der Waals surface area contributed by atoms with Gasteiger partial charge in [-0.25, -0.2) is 0 Å². The summed E-state index contributed by atoms with van der Waals surface area (Å²) in [6, 6.07) is 8.08. The molecule has 2 aromatic rings. The van der Waals surface area contributed by atoms with Crippen molar-refractivity contribution in [1.82, 2.24) is 0 Å². The highest BCUT2D eigenvalue weighted by molar-refractivity contribution is 5.80. The second-order valence-electron chi connectivity index (χ2n) is 5.14. The van der Waals surface area contributed by atoms with E-state index in [2.05, 4.69) is 19.1 Å². The lowest BCUT2D eigenvalue weighted by atomic mass is 9.89. The topological polar surface area (TPSA) is 60.7 Å². The number of aryl methyl sites for hydroxylation is 1. The molecule has 0 amide bonds. The zero-order valence-corrected chi connectivity index (χ0v) is 12.8. The molecule has 21 heavy (non-hydrogen) atoms. The Bertz CT molecular complexity index is 629. The van der Waals surface area contributed by atoms with Gasteiger partial charge in [0.2, 0.25) is 5.75 Å². The molecule has 0 bridgehead atoms. The normalized spacial score (nSPS) is 10.8. The van der Waals surface area contributed by atoms with E-state index in [0.29, 0.717) is 24.0 Å². The summed E-state index contributed by atoms with van der Waals surface area (Å²) >= 11 is 0. The van der Waals surface area contributed by atoms with Gasteiger partial charge in [0.05, 0.1) is 0 Å². The van der Waals surface area contributed by atoms with Crippen molar-refractivity contribution in [3.8, 4) is 28.4 Å². The molecule has 3 N–H and O–H groups in total. The molecule has 0 aromatic heterocycles. The summed E-state index contributed by atoms with van der Waals surface area (Å²) in [7, 11) is 0. The van der Waals surface area contributed by atoms with Crippen molar-refractivity contribution >= 4 is 0 Å². The lowest BCUT2D eigenvalue weighted by Crippen LogP contribution is -1.97. The molecule has 0 radical (unpaired) electrons. The van der Waals surface area contributed by atoms with Gasteiger partial charge in [-0.15, -0.1) is 0 Å². The fourth-order valence-electron chi connectivity index (χ4n) is 2.80. The Balaban J connectivity index is 2.82. The zero-order valence-electron chi connectivity index (χ0n) is 12.8. The van der Waals surface area contributed by atoms with E-state index in [1.807, 2.05) is 26.0 Å². The molecule has 3 heteroatoms. The molecular weight excluding hydrogens is 264 g/mol. The van der Waals surface area contributed by atoms with Gasteiger partial charge in [0, 0.05) is 11.1 Å². The standard InChI is InChI=1S/C18H22O3/c1-4-11-8-7-9-12(10-11)15-13(5-2)16(19)18(21)17(20)14(15)6-3/h7-10,19-21H,4-6H2,1-3H3. The van der Waals surface area contributed by atoms with Crippen LogP contribution in [0.4, 0.5) is 0 Å². The molecule has 0 saturated heterocycles. The van der Waals surface area contributed by atoms with Gasteiger partial charge in [-0.05, 0) is 36.0 Å². The predicted molar refractivity (Wildman–Crippen MR) is 85.0 cm³/mol. The van der Waals surface area contributed by atoms with E-state index >= 15 is 0 Å². The fourth-order valence-corrected chi connectivity index (χ4v) is 2.80. The lowest BCUT2D eigenvalue weighted by molar-refractivity contribution is 0.363. The Morgan fingerprint density at radius 2 is 1.33 bits per heavy atom. The third-order valence-corrected chi connectivity index (χ3v) is 3.95. The highest BCUT2D eigenvalue weighted by Gasteiger charge is 2.22. The second kappa shape index (κ2) is 6.08. The SMILES string of the molecule is CCc1cccc(-c2c(CC)c(O)c(O)c(O)c2CC)c1. The van der Waals surface area contributed by atoms with Gasteiger partial charge in [-0.1, -0.05) is 45.0 Å². The molecule has 0 fully saturated rings. The Kier molecular flexibility index (Phi) is 4.41. The monoisotopic (exact) mass is 286 g/mol. The van der Waals surface area contributed by atoms with E-state index in [1.165, 1.54) is 5.56 Å². The number of phenols is 3. The molecule has 2 rings (SSSR count). The summed E-state index contributed by atoms with van der Waals surface area (Å²) in [6.07, 6.45) is 2.09. The van der Waals surface area contributed by atoms with Crippen LogP contribution in [0.3, 0.4) is 0 Å². The molecule has 3 nitrogen and oxygen atoms in total. The van der Waals surface area contributed by atoms with Crippen LogP contribution in [0.15, 0.2) is 24.3 Å². The quantitative estimate of drug-likeness (QED) is 0.740. The average Bonchev–Trinajstić information content (AvgIpc) is 2.52. The first-order valence-corrected chi connectivity index (χ1v) is 7.42. The summed E-state index contributed by atoms with van der Waals surface area (Å²) in [4.78, 5) is 0. The largest absolute Gasteiger partial charge is 0.504 e. The Morgan fingerprint density at radius 3 is 1.81 bits per heavy atom. The van der Waals surface area contributed by atoms with Crippen LogP contribution in [0.5, 0.6) is 17.2 Å². The minimum atomic E-state index is -0.418.